The lowest BCUT2D eigenvalue weighted by Gasteiger charge is -2.18. The highest BCUT2D eigenvalue weighted by Gasteiger charge is 2.15. The Bertz CT molecular complexity index is 1050. The van der Waals surface area contributed by atoms with Gasteiger partial charge in [-0.05, 0) is 74.4 Å². The molecule has 0 fully saturated rings. The van der Waals surface area contributed by atoms with Crippen LogP contribution in [0.3, 0.4) is 0 Å². The molecule has 0 aliphatic heterocycles. The van der Waals surface area contributed by atoms with Gasteiger partial charge in [0.2, 0.25) is 5.91 Å². The summed E-state index contributed by atoms with van der Waals surface area (Å²) in [6.07, 6.45) is 0. The van der Waals surface area contributed by atoms with Gasteiger partial charge in [-0.2, -0.15) is 0 Å². The van der Waals surface area contributed by atoms with Gasteiger partial charge in [-0.25, -0.2) is 0 Å². The van der Waals surface area contributed by atoms with Crippen molar-refractivity contribution in [1.29, 1.82) is 0 Å². The van der Waals surface area contributed by atoms with Gasteiger partial charge in [0, 0.05) is 17.4 Å². The third kappa shape index (κ3) is 5.69. The number of carbonyl (C=O) groups is 1. The van der Waals surface area contributed by atoms with E-state index in [1.54, 1.807) is 20.3 Å². The first-order valence-electron chi connectivity index (χ1n) is 10.0. The number of hydrogen-bond donors (Lipinski definition) is 2. The molecule has 0 saturated carbocycles. The Balaban J connectivity index is 1.72. The summed E-state index contributed by atoms with van der Waals surface area (Å²) in [5, 5.41) is 6.21. The van der Waals surface area contributed by atoms with E-state index in [1.807, 2.05) is 75.4 Å². The number of benzene rings is 3. The van der Waals surface area contributed by atoms with E-state index in [-0.39, 0.29) is 5.91 Å². The molecule has 6 heteroatoms. The van der Waals surface area contributed by atoms with Gasteiger partial charge in [0.05, 0.1) is 14.2 Å². The van der Waals surface area contributed by atoms with Gasteiger partial charge in [-0.3, -0.25) is 4.79 Å². The van der Waals surface area contributed by atoms with Gasteiger partial charge in [0.25, 0.3) is 0 Å². The van der Waals surface area contributed by atoms with Crippen LogP contribution < -0.4 is 24.8 Å². The van der Waals surface area contributed by atoms with Crippen LogP contribution in [0.2, 0.25) is 0 Å². The van der Waals surface area contributed by atoms with Crippen molar-refractivity contribution in [3.63, 3.8) is 0 Å². The second kappa shape index (κ2) is 9.89. The van der Waals surface area contributed by atoms with E-state index >= 15 is 0 Å². The summed E-state index contributed by atoms with van der Waals surface area (Å²) < 4.78 is 16.6. The fraction of sp³-hybridized carbons (Fsp3) is 0.240. The minimum Gasteiger partial charge on any atom is -0.497 e. The second-order valence-corrected chi connectivity index (χ2v) is 7.32. The zero-order chi connectivity index (χ0) is 22.4. The fourth-order valence-electron chi connectivity index (χ4n) is 3.04. The van der Waals surface area contributed by atoms with Gasteiger partial charge < -0.3 is 24.8 Å². The SMILES string of the molecule is COc1ccc(Oc2cc(NC(C)C(=O)Nc3cc(C)ccc3C)ccc2OC)cc1. The molecule has 3 aromatic carbocycles. The van der Waals surface area contributed by atoms with Crippen LogP contribution in [0.25, 0.3) is 0 Å². The largest absolute Gasteiger partial charge is 0.497 e. The van der Waals surface area contributed by atoms with E-state index in [2.05, 4.69) is 10.6 Å². The number of rotatable bonds is 8. The van der Waals surface area contributed by atoms with Crippen molar-refractivity contribution in [3.8, 4) is 23.0 Å². The van der Waals surface area contributed by atoms with Crippen LogP contribution in [0.15, 0.2) is 60.7 Å². The molecule has 0 spiro atoms. The molecule has 0 aromatic heterocycles. The molecule has 6 nitrogen and oxygen atoms in total. The van der Waals surface area contributed by atoms with Gasteiger partial charge in [0.15, 0.2) is 11.5 Å². The average molecular weight is 421 g/mol. The summed E-state index contributed by atoms with van der Waals surface area (Å²) in [6.45, 7) is 5.78. The molecule has 162 valence electrons. The summed E-state index contributed by atoms with van der Waals surface area (Å²) in [4.78, 5) is 12.7. The molecule has 1 atom stereocenters. The van der Waals surface area contributed by atoms with E-state index in [9.17, 15) is 4.79 Å². The predicted molar refractivity (Wildman–Crippen MR) is 124 cm³/mol. The molecule has 0 heterocycles. The highest BCUT2D eigenvalue weighted by atomic mass is 16.5. The third-order valence-electron chi connectivity index (χ3n) is 4.88. The summed E-state index contributed by atoms with van der Waals surface area (Å²) in [7, 11) is 3.20. The Hall–Kier alpha value is -3.67. The van der Waals surface area contributed by atoms with Crippen LogP contribution in [0.5, 0.6) is 23.0 Å². The first kappa shape index (κ1) is 22.0. The zero-order valence-corrected chi connectivity index (χ0v) is 18.5. The Morgan fingerprint density at radius 3 is 2.23 bits per heavy atom. The lowest BCUT2D eigenvalue weighted by molar-refractivity contribution is -0.116. The Labute approximate surface area is 183 Å². The maximum absolute atomic E-state index is 12.7. The minimum absolute atomic E-state index is 0.123. The highest BCUT2D eigenvalue weighted by Crippen LogP contribution is 2.34. The van der Waals surface area contributed by atoms with E-state index in [0.29, 0.717) is 17.2 Å². The summed E-state index contributed by atoms with van der Waals surface area (Å²) in [6, 6.07) is 18.3. The molecule has 0 saturated heterocycles. The smallest absolute Gasteiger partial charge is 0.246 e. The second-order valence-electron chi connectivity index (χ2n) is 7.32. The number of hydrogen-bond acceptors (Lipinski definition) is 5. The molecule has 0 aliphatic rings. The number of carbonyl (C=O) groups excluding carboxylic acids is 1. The molecule has 0 radical (unpaired) electrons. The van der Waals surface area contributed by atoms with Crippen molar-refractivity contribution >= 4 is 17.3 Å². The number of aryl methyl sites for hydroxylation is 2. The molecule has 3 rings (SSSR count). The van der Waals surface area contributed by atoms with Crippen molar-refractivity contribution in [2.45, 2.75) is 26.8 Å². The van der Waals surface area contributed by atoms with Crippen LogP contribution in [0.1, 0.15) is 18.1 Å². The van der Waals surface area contributed by atoms with Crippen molar-refractivity contribution in [2.24, 2.45) is 0 Å². The van der Waals surface area contributed by atoms with Crippen LogP contribution in [-0.2, 0) is 4.79 Å². The monoisotopic (exact) mass is 420 g/mol. The first-order valence-corrected chi connectivity index (χ1v) is 10.0. The predicted octanol–water partition coefficient (Wildman–Crippen LogP) is 5.55. The number of ether oxygens (including phenoxy) is 3. The fourth-order valence-corrected chi connectivity index (χ4v) is 3.04. The minimum atomic E-state index is -0.456. The molecular formula is C25H28N2O4. The number of nitrogens with one attached hydrogen (secondary N) is 2. The number of amides is 1. The van der Waals surface area contributed by atoms with Crippen LogP contribution in [-0.4, -0.2) is 26.2 Å². The zero-order valence-electron chi connectivity index (χ0n) is 18.5. The van der Waals surface area contributed by atoms with Gasteiger partial charge in [-0.15, -0.1) is 0 Å². The molecule has 1 amide bonds. The van der Waals surface area contributed by atoms with Gasteiger partial charge >= 0.3 is 0 Å². The molecule has 3 aromatic rings. The van der Waals surface area contributed by atoms with E-state index in [0.717, 1.165) is 28.3 Å². The third-order valence-corrected chi connectivity index (χ3v) is 4.88. The first-order chi connectivity index (χ1) is 14.9. The topological polar surface area (TPSA) is 68.8 Å². The molecule has 0 aliphatic carbocycles. The van der Waals surface area contributed by atoms with Crippen LogP contribution in [0, 0.1) is 13.8 Å². The lowest BCUT2D eigenvalue weighted by Crippen LogP contribution is -2.32. The van der Waals surface area contributed by atoms with Crippen LogP contribution >= 0.6 is 0 Å². The standard InChI is InChI=1S/C25H28N2O4/c1-16-6-7-17(2)22(14-16)27-25(28)18(3)26-19-8-13-23(30-5)24(15-19)31-21-11-9-20(29-4)10-12-21/h6-15,18,26H,1-5H3,(H,27,28). The van der Waals surface area contributed by atoms with Crippen molar-refractivity contribution in [3.05, 3.63) is 71.8 Å². The normalized spacial score (nSPS) is 11.4. The van der Waals surface area contributed by atoms with Gasteiger partial charge in [0.1, 0.15) is 17.5 Å². The Morgan fingerprint density at radius 1 is 0.839 bits per heavy atom. The van der Waals surface area contributed by atoms with Crippen molar-refractivity contribution < 1.29 is 19.0 Å². The maximum Gasteiger partial charge on any atom is 0.246 e. The molecule has 31 heavy (non-hydrogen) atoms. The Kier molecular flexibility index (Phi) is 7.03. The molecule has 2 N–H and O–H groups in total. The molecule has 1 unspecified atom stereocenters. The van der Waals surface area contributed by atoms with E-state index in [1.165, 1.54) is 0 Å². The summed E-state index contributed by atoms with van der Waals surface area (Å²) in [5.41, 5.74) is 3.67. The highest BCUT2D eigenvalue weighted by molar-refractivity contribution is 5.97. The van der Waals surface area contributed by atoms with Crippen LogP contribution in [0.4, 0.5) is 11.4 Å². The van der Waals surface area contributed by atoms with Crippen molar-refractivity contribution in [2.75, 3.05) is 24.9 Å². The molecule has 0 bridgehead atoms. The number of anilines is 2. The summed E-state index contributed by atoms with van der Waals surface area (Å²) in [5.74, 6) is 2.41. The molecular weight excluding hydrogens is 392 g/mol. The maximum atomic E-state index is 12.7. The quantitative estimate of drug-likeness (QED) is 0.500. The average Bonchev–Trinajstić information content (AvgIpc) is 2.77. The number of methoxy groups -OCH3 is 2. The van der Waals surface area contributed by atoms with E-state index < -0.39 is 6.04 Å². The van der Waals surface area contributed by atoms with E-state index in [4.69, 9.17) is 14.2 Å². The summed E-state index contributed by atoms with van der Waals surface area (Å²) >= 11 is 0. The van der Waals surface area contributed by atoms with Crippen molar-refractivity contribution in [1.82, 2.24) is 0 Å². The Morgan fingerprint density at radius 2 is 1.55 bits per heavy atom. The van der Waals surface area contributed by atoms with Gasteiger partial charge in [-0.1, -0.05) is 12.1 Å². The lowest BCUT2D eigenvalue weighted by atomic mass is 10.1.